The van der Waals surface area contributed by atoms with Gasteiger partial charge in [0.1, 0.15) is 10.8 Å². The first-order valence-electron chi connectivity index (χ1n) is 6.39. The number of anilines is 1. The Morgan fingerprint density at radius 3 is 3.10 bits per heavy atom. The highest BCUT2D eigenvalue weighted by Gasteiger charge is 2.22. The van der Waals surface area contributed by atoms with E-state index >= 15 is 0 Å². The third-order valence-corrected chi connectivity index (χ3v) is 5.63. The topological polar surface area (TPSA) is 50.9 Å². The van der Waals surface area contributed by atoms with Crippen molar-refractivity contribution in [3.63, 3.8) is 0 Å². The largest absolute Gasteiger partial charge is 0.390 e. The number of thiophene rings is 1. The fourth-order valence-electron chi connectivity index (χ4n) is 2.60. The molecule has 0 aliphatic carbocycles. The Kier molecular flexibility index (Phi) is 2.76. The summed E-state index contributed by atoms with van der Waals surface area (Å²) in [7, 11) is 0. The molecule has 0 amide bonds. The average Bonchev–Trinajstić information content (AvgIpc) is 2.97. The van der Waals surface area contributed by atoms with Gasteiger partial charge in [0.15, 0.2) is 0 Å². The minimum Gasteiger partial charge on any atom is -0.390 e. The van der Waals surface area contributed by atoms with Crippen LogP contribution < -0.4 is 11.1 Å². The van der Waals surface area contributed by atoms with E-state index in [-0.39, 0.29) is 5.82 Å². The number of hydrogen-bond acceptors (Lipinski definition) is 5. The lowest BCUT2D eigenvalue weighted by molar-refractivity contribution is 0.629. The predicted octanol–water partition coefficient (Wildman–Crippen LogP) is 3.39. The SMILES string of the molecule is Nc1sc2c(c1-c1nc3cc(F)ccc3s1)CCNC2. The van der Waals surface area contributed by atoms with Crippen molar-refractivity contribution in [3.8, 4) is 10.6 Å². The smallest absolute Gasteiger partial charge is 0.127 e. The number of fused-ring (bicyclic) bond motifs is 2. The van der Waals surface area contributed by atoms with Crippen molar-refractivity contribution in [2.75, 3.05) is 12.3 Å². The molecule has 6 heteroatoms. The Balaban J connectivity index is 1.92. The van der Waals surface area contributed by atoms with Crippen LogP contribution in [0.5, 0.6) is 0 Å². The van der Waals surface area contributed by atoms with Gasteiger partial charge in [0.25, 0.3) is 0 Å². The second kappa shape index (κ2) is 4.51. The van der Waals surface area contributed by atoms with Gasteiger partial charge in [0.05, 0.1) is 15.2 Å². The Morgan fingerprint density at radius 2 is 2.20 bits per heavy atom. The van der Waals surface area contributed by atoms with Gasteiger partial charge in [0.2, 0.25) is 0 Å². The Labute approximate surface area is 123 Å². The standard InChI is InChI=1S/C14H12FN3S2/c15-7-1-2-10-9(5-7)18-14(20-10)12-8-3-4-17-6-11(8)19-13(12)16/h1-2,5,17H,3-4,6,16H2. The lowest BCUT2D eigenvalue weighted by atomic mass is 10.0. The van der Waals surface area contributed by atoms with Crippen molar-refractivity contribution in [1.82, 2.24) is 10.3 Å². The van der Waals surface area contributed by atoms with Crippen LogP contribution in [0.1, 0.15) is 10.4 Å². The van der Waals surface area contributed by atoms with Crippen molar-refractivity contribution in [2.24, 2.45) is 0 Å². The van der Waals surface area contributed by atoms with E-state index in [4.69, 9.17) is 5.73 Å². The number of hydrogen-bond donors (Lipinski definition) is 2. The highest BCUT2D eigenvalue weighted by Crippen LogP contribution is 2.43. The van der Waals surface area contributed by atoms with E-state index in [0.717, 1.165) is 39.8 Å². The number of nitrogen functional groups attached to an aromatic ring is 1. The molecule has 0 fully saturated rings. The molecule has 0 spiro atoms. The average molecular weight is 305 g/mol. The molecule has 0 atom stereocenters. The van der Waals surface area contributed by atoms with E-state index in [2.05, 4.69) is 10.3 Å². The number of aromatic nitrogens is 1. The molecule has 0 bridgehead atoms. The number of nitrogens with two attached hydrogens (primary N) is 1. The van der Waals surface area contributed by atoms with Crippen LogP contribution in [-0.2, 0) is 13.0 Å². The molecule has 3 nitrogen and oxygen atoms in total. The maximum Gasteiger partial charge on any atom is 0.127 e. The number of benzene rings is 1. The molecular formula is C14H12FN3S2. The van der Waals surface area contributed by atoms with Crippen molar-refractivity contribution in [3.05, 3.63) is 34.5 Å². The molecule has 1 aliphatic rings. The molecule has 3 N–H and O–H groups in total. The predicted molar refractivity (Wildman–Crippen MR) is 82.7 cm³/mol. The number of rotatable bonds is 1. The van der Waals surface area contributed by atoms with Crippen LogP contribution in [0.3, 0.4) is 0 Å². The molecule has 102 valence electrons. The summed E-state index contributed by atoms with van der Waals surface area (Å²) in [5.41, 5.74) is 9.27. The van der Waals surface area contributed by atoms with Crippen LogP contribution in [0.25, 0.3) is 20.8 Å². The molecule has 20 heavy (non-hydrogen) atoms. The van der Waals surface area contributed by atoms with Crippen molar-refractivity contribution >= 4 is 37.9 Å². The van der Waals surface area contributed by atoms with E-state index < -0.39 is 0 Å². The highest BCUT2D eigenvalue weighted by molar-refractivity contribution is 7.22. The molecule has 0 saturated heterocycles. The Hall–Kier alpha value is -1.50. The summed E-state index contributed by atoms with van der Waals surface area (Å²) in [5, 5.41) is 5.08. The molecule has 2 aromatic heterocycles. The fourth-order valence-corrected chi connectivity index (χ4v) is 4.78. The van der Waals surface area contributed by atoms with Gasteiger partial charge >= 0.3 is 0 Å². The van der Waals surface area contributed by atoms with Gasteiger partial charge in [-0.05, 0) is 30.7 Å². The van der Waals surface area contributed by atoms with E-state index in [1.165, 1.54) is 22.6 Å². The molecule has 3 aromatic rings. The van der Waals surface area contributed by atoms with Gasteiger partial charge in [-0.2, -0.15) is 0 Å². The van der Waals surface area contributed by atoms with Crippen LogP contribution in [-0.4, -0.2) is 11.5 Å². The van der Waals surface area contributed by atoms with Gasteiger partial charge in [0, 0.05) is 23.1 Å². The number of halogens is 1. The lowest BCUT2D eigenvalue weighted by Crippen LogP contribution is -2.22. The summed E-state index contributed by atoms with van der Waals surface area (Å²) in [6.45, 7) is 1.85. The van der Waals surface area contributed by atoms with E-state index in [1.807, 2.05) is 0 Å². The van der Waals surface area contributed by atoms with Crippen LogP contribution in [0, 0.1) is 5.82 Å². The zero-order chi connectivity index (χ0) is 13.7. The molecule has 0 unspecified atom stereocenters. The quantitative estimate of drug-likeness (QED) is 0.724. The van der Waals surface area contributed by atoms with Crippen molar-refractivity contribution in [2.45, 2.75) is 13.0 Å². The third kappa shape index (κ3) is 1.83. The van der Waals surface area contributed by atoms with E-state index in [9.17, 15) is 4.39 Å². The Morgan fingerprint density at radius 1 is 1.30 bits per heavy atom. The third-order valence-electron chi connectivity index (χ3n) is 3.52. The van der Waals surface area contributed by atoms with Gasteiger partial charge in [-0.1, -0.05) is 0 Å². The fraction of sp³-hybridized carbons (Fsp3) is 0.214. The zero-order valence-corrected chi connectivity index (χ0v) is 12.2. The minimum atomic E-state index is -0.251. The monoisotopic (exact) mass is 305 g/mol. The summed E-state index contributed by atoms with van der Waals surface area (Å²) in [6, 6.07) is 4.73. The van der Waals surface area contributed by atoms with Gasteiger partial charge in [-0.25, -0.2) is 9.37 Å². The molecule has 1 aliphatic heterocycles. The van der Waals surface area contributed by atoms with Crippen molar-refractivity contribution < 1.29 is 4.39 Å². The number of nitrogens with one attached hydrogen (secondary N) is 1. The maximum absolute atomic E-state index is 13.3. The van der Waals surface area contributed by atoms with Crippen LogP contribution >= 0.6 is 22.7 Å². The van der Waals surface area contributed by atoms with E-state index in [0.29, 0.717) is 5.52 Å². The Bertz CT molecular complexity index is 806. The second-order valence-corrected chi connectivity index (χ2v) is 6.97. The first kappa shape index (κ1) is 12.3. The molecule has 4 rings (SSSR count). The molecule has 0 radical (unpaired) electrons. The number of nitrogens with zero attached hydrogens (tertiary/aromatic N) is 1. The van der Waals surface area contributed by atoms with Gasteiger partial charge < -0.3 is 11.1 Å². The first-order valence-corrected chi connectivity index (χ1v) is 8.03. The summed E-state index contributed by atoms with van der Waals surface area (Å²) in [6.07, 6.45) is 0.975. The zero-order valence-electron chi connectivity index (χ0n) is 10.6. The summed E-state index contributed by atoms with van der Waals surface area (Å²) in [5.74, 6) is -0.251. The molecular weight excluding hydrogens is 293 g/mol. The summed E-state index contributed by atoms with van der Waals surface area (Å²) < 4.78 is 14.3. The minimum absolute atomic E-state index is 0.251. The highest BCUT2D eigenvalue weighted by atomic mass is 32.1. The maximum atomic E-state index is 13.3. The first-order chi connectivity index (χ1) is 9.72. The van der Waals surface area contributed by atoms with Crippen LogP contribution in [0.4, 0.5) is 9.39 Å². The lowest BCUT2D eigenvalue weighted by Gasteiger charge is -2.13. The normalized spacial score (nSPS) is 14.7. The summed E-state index contributed by atoms with van der Waals surface area (Å²) >= 11 is 3.21. The van der Waals surface area contributed by atoms with E-state index in [1.54, 1.807) is 28.7 Å². The van der Waals surface area contributed by atoms with Gasteiger partial charge in [-0.15, -0.1) is 22.7 Å². The second-order valence-electron chi connectivity index (χ2n) is 4.80. The van der Waals surface area contributed by atoms with Crippen molar-refractivity contribution in [1.29, 1.82) is 0 Å². The summed E-state index contributed by atoms with van der Waals surface area (Å²) in [4.78, 5) is 5.87. The molecule has 1 aromatic carbocycles. The van der Waals surface area contributed by atoms with Gasteiger partial charge in [-0.3, -0.25) is 0 Å². The number of thiazole rings is 1. The molecule has 3 heterocycles. The van der Waals surface area contributed by atoms with Crippen LogP contribution in [0.15, 0.2) is 18.2 Å². The van der Waals surface area contributed by atoms with Crippen LogP contribution in [0.2, 0.25) is 0 Å². The molecule has 0 saturated carbocycles.